The Morgan fingerprint density at radius 2 is 2.00 bits per heavy atom. The summed E-state index contributed by atoms with van der Waals surface area (Å²) < 4.78 is 0. The number of likely N-dealkylation sites (N-methyl/N-ethyl adjacent to an activating group) is 1. The number of piperidine rings is 1. The topological polar surface area (TPSA) is 43.9 Å². The number of hydrogen-bond donors (Lipinski definition) is 0. The quantitative estimate of drug-likeness (QED) is 0.791. The normalized spacial score (nSPS) is 21.2. The monoisotopic (exact) mass is 343 g/mol. The summed E-state index contributed by atoms with van der Waals surface area (Å²) in [4.78, 5) is 30.3. The van der Waals surface area contributed by atoms with Gasteiger partial charge in [-0.1, -0.05) is 30.3 Å². The second-order valence-electron chi connectivity index (χ2n) is 7.27. The molecule has 1 atom stereocenters. The summed E-state index contributed by atoms with van der Waals surface area (Å²) in [6.07, 6.45) is 4.69. The minimum Gasteiger partial charge on any atom is -0.340 e. The van der Waals surface area contributed by atoms with E-state index in [2.05, 4.69) is 36.2 Å². The average molecular weight is 343 g/mol. The lowest BCUT2D eigenvalue weighted by atomic mass is 10.0. The van der Waals surface area contributed by atoms with Crippen molar-refractivity contribution in [1.29, 1.82) is 0 Å². The lowest BCUT2D eigenvalue weighted by Gasteiger charge is -2.38. The third-order valence-electron chi connectivity index (χ3n) is 5.47. The fraction of sp³-hybridized carbons (Fsp3) is 0.600. The molecule has 0 N–H and O–H groups in total. The van der Waals surface area contributed by atoms with Crippen LogP contribution in [-0.2, 0) is 16.0 Å². The molecule has 2 fully saturated rings. The standard InChI is InChI=1S/C20H29N3O2/c1-21(14-11-17-7-3-2-4-8-17)18-9-5-12-22(15-18)20(25)16-23-13-6-10-19(23)24/h2-4,7-8,18H,5-6,9-16H2,1H3. The Hall–Kier alpha value is -1.88. The lowest BCUT2D eigenvalue weighted by molar-refractivity contribution is -0.139. The maximum Gasteiger partial charge on any atom is 0.242 e. The molecule has 0 bridgehead atoms. The fourth-order valence-corrected chi connectivity index (χ4v) is 3.81. The van der Waals surface area contributed by atoms with E-state index < -0.39 is 0 Å². The summed E-state index contributed by atoms with van der Waals surface area (Å²) in [7, 11) is 2.16. The summed E-state index contributed by atoms with van der Waals surface area (Å²) in [6, 6.07) is 10.9. The molecule has 1 aromatic carbocycles. The van der Waals surface area contributed by atoms with E-state index in [1.807, 2.05) is 11.0 Å². The molecule has 0 saturated carbocycles. The van der Waals surface area contributed by atoms with Gasteiger partial charge in [0.15, 0.2) is 0 Å². The molecule has 0 spiro atoms. The second kappa shape index (κ2) is 8.48. The van der Waals surface area contributed by atoms with Gasteiger partial charge in [-0.25, -0.2) is 0 Å². The zero-order chi connectivity index (χ0) is 17.6. The predicted molar refractivity (Wildman–Crippen MR) is 98.2 cm³/mol. The first-order valence-corrected chi connectivity index (χ1v) is 9.43. The Balaban J connectivity index is 1.48. The smallest absolute Gasteiger partial charge is 0.242 e. The molecule has 2 heterocycles. The van der Waals surface area contributed by atoms with Crippen molar-refractivity contribution in [1.82, 2.24) is 14.7 Å². The van der Waals surface area contributed by atoms with Crippen LogP contribution < -0.4 is 0 Å². The Labute approximate surface area is 150 Å². The molecule has 25 heavy (non-hydrogen) atoms. The van der Waals surface area contributed by atoms with Crippen molar-refractivity contribution in [2.45, 2.75) is 38.1 Å². The van der Waals surface area contributed by atoms with Crippen LogP contribution in [-0.4, -0.2) is 72.3 Å². The number of amides is 2. The van der Waals surface area contributed by atoms with Gasteiger partial charge in [-0.2, -0.15) is 0 Å². The molecule has 136 valence electrons. The van der Waals surface area contributed by atoms with Crippen LogP contribution in [0.5, 0.6) is 0 Å². The molecular formula is C20H29N3O2. The van der Waals surface area contributed by atoms with E-state index >= 15 is 0 Å². The van der Waals surface area contributed by atoms with Crippen LogP contribution in [0.3, 0.4) is 0 Å². The van der Waals surface area contributed by atoms with Gasteiger partial charge in [0.1, 0.15) is 0 Å². The number of carbonyl (C=O) groups is 2. The van der Waals surface area contributed by atoms with E-state index in [4.69, 9.17) is 0 Å². The third kappa shape index (κ3) is 4.82. The number of benzene rings is 1. The summed E-state index contributed by atoms with van der Waals surface area (Å²) in [6.45, 7) is 3.61. The molecule has 3 rings (SSSR count). The minimum atomic E-state index is 0.108. The number of hydrogen-bond acceptors (Lipinski definition) is 3. The van der Waals surface area contributed by atoms with E-state index in [-0.39, 0.29) is 18.4 Å². The van der Waals surface area contributed by atoms with Crippen LogP contribution in [0.25, 0.3) is 0 Å². The van der Waals surface area contributed by atoms with Crippen molar-refractivity contribution in [2.75, 3.05) is 39.8 Å². The molecule has 1 aromatic rings. The van der Waals surface area contributed by atoms with Gasteiger partial charge in [-0.15, -0.1) is 0 Å². The maximum absolute atomic E-state index is 12.6. The van der Waals surface area contributed by atoms with Crippen LogP contribution in [0, 0.1) is 0 Å². The van der Waals surface area contributed by atoms with Crippen LogP contribution in [0.1, 0.15) is 31.2 Å². The molecule has 5 heteroatoms. The van der Waals surface area contributed by atoms with Crippen molar-refractivity contribution in [2.24, 2.45) is 0 Å². The lowest BCUT2D eigenvalue weighted by Crippen LogP contribution is -2.51. The highest BCUT2D eigenvalue weighted by atomic mass is 16.2. The van der Waals surface area contributed by atoms with Crippen molar-refractivity contribution < 1.29 is 9.59 Å². The third-order valence-corrected chi connectivity index (χ3v) is 5.47. The first-order valence-electron chi connectivity index (χ1n) is 9.43. The van der Waals surface area contributed by atoms with Crippen molar-refractivity contribution >= 4 is 11.8 Å². The van der Waals surface area contributed by atoms with Gasteiger partial charge >= 0.3 is 0 Å². The molecular weight excluding hydrogens is 314 g/mol. The highest BCUT2D eigenvalue weighted by Crippen LogP contribution is 2.17. The first-order chi connectivity index (χ1) is 12.1. The van der Waals surface area contributed by atoms with E-state index in [1.165, 1.54) is 5.56 Å². The molecule has 0 aromatic heterocycles. The van der Waals surface area contributed by atoms with Crippen molar-refractivity contribution in [3.8, 4) is 0 Å². The van der Waals surface area contributed by atoms with Gasteiger partial charge in [0, 0.05) is 38.6 Å². The number of carbonyl (C=O) groups excluding carboxylic acids is 2. The van der Waals surface area contributed by atoms with Crippen molar-refractivity contribution in [3.05, 3.63) is 35.9 Å². The molecule has 0 radical (unpaired) electrons. The van der Waals surface area contributed by atoms with Crippen molar-refractivity contribution in [3.63, 3.8) is 0 Å². The second-order valence-corrected chi connectivity index (χ2v) is 7.27. The summed E-state index contributed by atoms with van der Waals surface area (Å²) >= 11 is 0. The highest BCUT2D eigenvalue weighted by Gasteiger charge is 2.29. The van der Waals surface area contributed by atoms with Crippen LogP contribution >= 0.6 is 0 Å². The highest BCUT2D eigenvalue weighted by molar-refractivity contribution is 5.85. The summed E-state index contributed by atoms with van der Waals surface area (Å²) in [5.74, 6) is 0.235. The van der Waals surface area contributed by atoms with Gasteiger partial charge < -0.3 is 14.7 Å². The molecule has 1 unspecified atom stereocenters. The van der Waals surface area contributed by atoms with E-state index in [0.29, 0.717) is 12.5 Å². The zero-order valence-electron chi connectivity index (χ0n) is 15.2. The maximum atomic E-state index is 12.6. The summed E-state index contributed by atoms with van der Waals surface area (Å²) in [5.41, 5.74) is 1.35. The molecule has 2 aliphatic heterocycles. The van der Waals surface area contributed by atoms with E-state index in [9.17, 15) is 9.59 Å². The van der Waals surface area contributed by atoms with Gasteiger partial charge in [0.2, 0.25) is 11.8 Å². The number of rotatable bonds is 6. The Kier molecular flexibility index (Phi) is 6.08. The molecule has 2 amide bonds. The van der Waals surface area contributed by atoms with Crippen LogP contribution in [0.4, 0.5) is 0 Å². The SMILES string of the molecule is CN(CCc1ccccc1)C1CCCN(C(=O)CN2CCCC2=O)C1. The van der Waals surface area contributed by atoms with E-state index in [1.54, 1.807) is 4.90 Å². The van der Waals surface area contributed by atoms with Gasteiger partial charge in [0.05, 0.1) is 6.54 Å². The molecule has 2 aliphatic rings. The summed E-state index contributed by atoms with van der Waals surface area (Å²) in [5, 5.41) is 0. The largest absolute Gasteiger partial charge is 0.340 e. The predicted octanol–water partition coefficient (Wildman–Crippen LogP) is 1.77. The molecule has 2 saturated heterocycles. The van der Waals surface area contributed by atoms with Gasteiger partial charge in [-0.3, -0.25) is 9.59 Å². The van der Waals surface area contributed by atoms with Crippen LogP contribution in [0.15, 0.2) is 30.3 Å². The fourth-order valence-electron chi connectivity index (χ4n) is 3.81. The Bertz CT molecular complexity index is 590. The average Bonchev–Trinajstić information content (AvgIpc) is 3.05. The molecule has 0 aliphatic carbocycles. The van der Waals surface area contributed by atoms with Gasteiger partial charge in [-0.05, 0) is 38.3 Å². The Morgan fingerprint density at radius 3 is 2.72 bits per heavy atom. The minimum absolute atomic E-state index is 0.108. The van der Waals surface area contributed by atoms with Gasteiger partial charge in [0.25, 0.3) is 0 Å². The van der Waals surface area contributed by atoms with E-state index in [0.717, 1.165) is 51.9 Å². The number of likely N-dealkylation sites (tertiary alicyclic amines) is 2. The first kappa shape index (κ1) is 17.9. The molecule has 5 nitrogen and oxygen atoms in total. The van der Waals surface area contributed by atoms with Crippen LogP contribution in [0.2, 0.25) is 0 Å². The number of nitrogens with zero attached hydrogens (tertiary/aromatic N) is 3. The zero-order valence-corrected chi connectivity index (χ0v) is 15.2. The Morgan fingerprint density at radius 1 is 1.20 bits per heavy atom.